The van der Waals surface area contributed by atoms with Gasteiger partial charge in [0.25, 0.3) is 0 Å². The van der Waals surface area contributed by atoms with Crippen LogP contribution in [0, 0.1) is 12.8 Å². The largest absolute Gasteiger partial charge is 0.298 e. The number of hydrogen-bond donors (Lipinski definition) is 0. The topological polar surface area (TPSA) is 34.1 Å². The Bertz CT molecular complexity index is 448. The van der Waals surface area contributed by atoms with Crippen molar-refractivity contribution in [2.75, 3.05) is 5.75 Å². The van der Waals surface area contributed by atoms with Crippen molar-refractivity contribution in [1.82, 2.24) is 0 Å². The Morgan fingerprint density at radius 3 is 2.67 bits per heavy atom. The average molecular weight is 264 g/mol. The molecule has 1 saturated carbocycles. The molecule has 0 aliphatic heterocycles. The van der Waals surface area contributed by atoms with Gasteiger partial charge in [-0.05, 0) is 37.5 Å². The minimum atomic E-state index is -1.17. The lowest BCUT2D eigenvalue weighted by atomic mass is 9.87. The predicted molar refractivity (Wildman–Crippen MR) is 74.0 cm³/mol. The SMILES string of the molecule is Cc1cccc(S(=O)CC(=O)C2CCCCC2)c1. The van der Waals surface area contributed by atoms with Crippen molar-refractivity contribution in [3.63, 3.8) is 0 Å². The van der Waals surface area contributed by atoms with E-state index in [4.69, 9.17) is 0 Å². The summed E-state index contributed by atoms with van der Waals surface area (Å²) in [4.78, 5) is 12.9. The van der Waals surface area contributed by atoms with E-state index in [-0.39, 0.29) is 17.5 Å². The molecule has 1 aliphatic rings. The van der Waals surface area contributed by atoms with Gasteiger partial charge in [0, 0.05) is 10.8 Å². The second-order valence-corrected chi connectivity index (χ2v) is 6.56. The Hall–Kier alpha value is -0.960. The Kier molecular flexibility index (Phi) is 4.70. The van der Waals surface area contributed by atoms with E-state index in [1.807, 2.05) is 31.2 Å². The van der Waals surface area contributed by atoms with Crippen LogP contribution in [0.1, 0.15) is 37.7 Å². The lowest BCUT2D eigenvalue weighted by Gasteiger charge is -2.19. The molecule has 0 amide bonds. The summed E-state index contributed by atoms with van der Waals surface area (Å²) in [7, 11) is -1.17. The van der Waals surface area contributed by atoms with Crippen molar-refractivity contribution in [3.05, 3.63) is 29.8 Å². The van der Waals surface area contributed by atoms with E-state index >= 15 is 0 Å². The van der Waals surface area contributed by atoms with Gasteiger partial charge in [0.2, 0.25) is 0 Å². The molecule has 3 heteroatoms. The smallest absolute Gasteiger partial charge is 0.148 e. The minimum Gasteiger partial charge on any atom is -0.298 e. The van der Waals surface area contributed by atoms with Gasteiger partial charge in [-0.25, -0.2) is 0 Å². The van der Waals surface area contributed by atoms with Gasteiger partial charge in [0.15, 0.2) is 0 Å². The Labute approximate surface area is 111 Å². The van der Waals surface area contributed by atoms with E-state index in [1.165, 1.54) is 6.42 Å². The zero-order chi connectivity index (χ0) is 13.0. The molecule has 18 heavy (non-hydrogen) atoms. The molecule has 1 aromatic rings. The molecule has 1 atom stereocenters. The molecule has 1 aromatic carbocycles. The molecule has 1 unspecified atom stereocenters. The number of rotatable bonds is 4. The number of aryl methyl sites for hydroxylation is 1. The van der Waals surface area contributed by atoms with Crippen molar-refractivity contribution in [2.45, 2.75) is 43.9 Å². The van der Waals surface area contributed by atoms with Crippen molar-refractivity contribution in [3.8, 4) is 0 Å². The van der Waals surface area contributed by atoms with Crippen LogP contribution in [-0.4, -0.2) is 15.7 Å². The standard InChI is InChI=1S/C15H20O2S/c1-12-6-5-9-14(10-12)18(17)11-15(16)13-7-3-2-4-8-13/h5-6,9-10,13H,2-4,7-8,11H2,1H3. The maximum absolute atomic E-state index is 12.1. The van der Waals surface area contributed by atoms with Gasteiger partial charge in [-0.3, -0.25) is 9.00 Å². The molecule has 0 radical (unpaired) electrons. The van der Waals surface area contributed by atoms with Gasteiger partial charge >= 0.3 is 0 Å². The van der Waals surface area contributed by atoms with Gasteiger partial charge < -0.3 is 0 Å². The summed E-state index contributed by atoms with van der Waals surface area (Å²) < 4.78 is 12.1. The summed E-state index contributed by atoms with van der Waals surface area (Å²) in [5.41, 5.74) is 1.09. The van der Waals surface area contributed by atoms with E-state index in [0.29, 0.717) is 0 Å². The monoisotopic (exact) mass is 264 g/mol. The number of carbonyl (C=O) groups excluding carboxylic acids is 1. The summed E-state index contributed by atoms with van der Waals surface area (Å²) in [5.74, 6) is 0.538. The Morgan fingerprint density at radius 2 is 2.00 bits per heavy atom. The van der Waals surface area contributed by atoms with Crippen LogP contribution in [0.4, 0.5) is 0 Å². The lowest BCUT2D eigenvalue weighted by molar-refractivity contribution is -0.121. The van der Waals surface area contributed by atoms with Gasteiger partial charge in [0.05, 0.1) is 16.6 Å². The first-order chi connectivity index (χ1) is 8.66. The summed E-state index contributed by atoms with van der Waals surface area (Å²) in [6.45, 7) is 1.98. The molecular formula is C15H20O2S. The molecular weight excluding hydrogens is 244 g/mol. The third-order valence-electron chi connectivity index (χ3n) is 3.59. The molecule has 0 N–H and O–H groups in total. The fourth-order valence-corrected chi connectivity index (χ4v) is 3.72. The molecule has 1 aliphatic carbocycles. The maximum atomic E-state index is 12.1. The quantitative estimate of drug-likeness (QED) is 0.836. The predicted octanol–water partition coefficient (Wildman–Crippen LogP) is 3.25. The van der Waals surface area contributed by atoms with Crippen LogP contribution in [0.15, 0.2) is 29.2 Å². The molecule has 0 heterocycles. The lowest BCUT2D eigenvalue weighted by Crippen LogP contribution is -2.23. The fourth-order valence-electron chi connectivity index (χ4n) is 2.51. The van der Waals surface area contributed by atoms with Gasteiger partial charge in [-0.15, -0.1) is 0 Å². The third-order valence-corrected chi connectivity index (χ3v) is 4.91. The third kappa shape index (κ3) is 3.52. The zero-order valence-corrected chi connectivity index (χ0v) is 11.7. The van der Waals surface area contributed by atoms with Crippen LogP contribution in [0.5, 0.6) is 0 Å². The second kappa shape index (κ2) is 6.28. The Morgan fingerprint density at radius 1 is 1.28 bits per heavy atom. The fraction of sp³-hybridized carbons (Fsp3) is 0.533. The van der Waals surface area contributed by atoms with Crippen LogP contribution >= 0.6 is 0 Å². The Balaban J connectivity index is 1.96. The van der Waals surface area contributed by atoms with Gasteiger partial charge in [-0.1, -0.05) is 31.4 Å². The highest BCUT2D eigenvalue weighted by atomic mass is 32.2. The molecule has 0 spiro atoms. The summed E-state index contributed by atoms with van der Waals surface area (Å²) in [5, 5.41) is 0. The number of hydrogen-bond acceptors (Lipinski definition) is 2. The number of benzene rings is 1. The normalized spacial score (nSPS) is 18.5. The molecule has 2 nitrogen and oxygen atoms in total. The van der Waals surface area contributed by atoms with Crippen LogP contribution in [-0.2, 0) is 15.6 Å². The van der Waals surface area contributed by atoms with Crippen LogP contribution in [0.25, 0.3) is 0 Å². The minimum absolute atomic E-state index is 0.160. The van der Waals surface area contributed by atoms with Crippen LogP contribution in [0.3, 0.4) is 0 Å². The van der Waals surface area contributed by atoms with E-state index in [9.17, 15) is 9.00 Å². The van der Waals surface area contributed by atoms with E-state index in [2.05, 4.69) is 0 Å². The second-order valence-electron chi connectivity index (χ2n) is 5.11. The highest BCUT2D eigenvalue weighted by Gasteiger charge is 2.22. The van der Waals surface area contributed by atoms with Crippen LogP contribution in [0.2, 0.25) is 0 Å². The van der Waals surface area contributed by atoms with Crippen molar-refractivity contribution in [1.29, 1.82) is 0 Å². The van der Waals surface area contributed by atoms with Crippen molar-refractivity contribution in [2.24, 2.45) is 5.92 Å². The first kappa shape index (κ1) is 13.5. The molecule has 1 fully saturated rings. The molecule has 0 aromatic heterocycles. The van der Waals surface area contributed by atoms with Crippen molar-refractivity contribution < 1.29 is 9.00 Å². The number of Topliss-reactive ketones (excluding diaryl/α,β-unsaturated/α-hetero) is 1. The maximum Gasteiger partial charge on any atom is 0.148 e. The summed E-state index contributed by atoms with van der Waals surface area (Å²) >= 11 is 0. The highest BCUT2D eigenvalue weighted by molar-refractivity contribution is 7.85. The average Bonchev–Trinajstić information content (AvgIpc) is 2.39. The molecule has 98 valence electrons. The first-order valence-electron chi connectivity index (χ1n) is 6.64. The summed E-state index contributed by atoms with van der Waals surface area (Å²) in [6.07, 6.45) is 5.51. The molecule has 0 bridgehead atoms. The highest BCUT2D eigenvalue weighted by Crippen LogP contribution is 2.25. The first-order valence-corrected chi connectivity index (χ1v) is 7.96. The van der Waals surface area contributed by atoms with E-state index in [0.717, 1.165) is 36.1 Å². The van der Waals surface area contributed by atoms with Crippen LogP contribution < -0.4 is 0 Å². The number of ketones is 1. The summed E-state index contributed by atoms with van der Waals surface area (Å²) in [6, 6.07) is 7.62. The van der Waals surface area contributed by atoms with Gasteiger partial charge in [-0.2, -0.15) is 0 Å². The number of carbonyl (C=O) groups is 1. The van der Waals surface area contributed by atoms with E-state index in [1.54, 1.807) is 0 Å². The molecule has 2 rings (SSSR count). The van der Waals surface area contributed by atoms with Crippen molar-refractivity contribution >= 4 is 16.6 Å². The zero-order valence-electron chi connectivity index (χ0n) is 10.9. The van der Waals surface area contributed by atoms with Gasteiger partial charge in [0.1, 0.15) is 5.78 Å². The molecule has 0 saturated heterocycles. The van der Waals surface area contributed by atoms with E-state index < -0.39 is 10.8 Å².